The lowest BCUT2D eigenvalue weighted by molar-refractivity contribution is -0.133. The molecular formula is C16H20N4O3. The van der Waals surface area contributed by atoms with Crippen LogP contribution in [0.5, 0.6) is 0 Å². The second-order valence-electron chi connectivity index (χ2n) is 5.74. The zero-order chi connectivity index (χ0) is 16.2. The number of piperazine rings is 1. The van der Waals surface area contributed by atoms with Crippen molar-refractivity contribution < 1.29 is 14.4 Å². The minimum atomic E-state index is -0.496. The first-order chi connectivity index (χ1) is 11.1. The predicted octanol–water partition coefficient (Wildman–Crippen LogP) is -0.0509. The van der Waals surface area contributed by atoms with Crippen molar-refractivity contribution in [2.24, 2.45) is 0 Å². The number of nitrogens with one attached hydrogen (secondary N) is 3. The molecule has 2 heterocycles. The highest BCUT2D eigenvalue weighted by Crippen LogP contribution is 2.20. The Balaban J connectivity index is 1.76. The summed E-state index contributed by atoms with van der Waals surface area (Å²) in [6.45, 7) is 2.92. The lowest BCUT2D eigenvalue weighted by Crippen LogP contribution is -2.48. The van der Waals surface area contributed by atoms with Crippen molar-refractivity contribution in [3.05, 3.63) is 29.8 Å². The molecule has 2 saturated heterocycles. The fourth-order valence-corrected chi connectivity index (χ4v) is 2.85. The molecule has 0 spiro atoms. The summed E-state index contributed by atoms with van der Waals surface area (Å²) >= 11 is 0. The molecule has 23 heavy (non-hydrogen) atoms. The van der Waals surface area contributed by atoms with Crippen molar-refractivity contribution in [2.45, 2.75) is 18.9 Å². The summed E-state index contributed by atoms with van der Waals surface area (Å²) in [4.78, 5) is 37.6. The van der Waals surface area contributed by atoms with Crippen molar-refractivity contribution in [2.75, 3.05) is 31.5 Å². The van der Waals surface area contributed by atoms with E-state index in [4.69, 9.17) is 0 Å². The predicted molar refractivity (Wildman–Crippen MR) is 85.0 cm³/mol. The van der Waals surface area contributed by atoms with Gasteiger partial charge in [-0.1, -0.05) is 12.1 Å². The van der Waals surface area contributed by atoms with Crippen molar-refractivity contribution in [3.8, 4) is 0 Å². The molecule has 7 heteroatoms. The van der Waals surface area contributed by atoms with Gasteiger partial charge in [-0.25, -0.2) is 0 Å². The maximum Gasteiger partial charge on any atom is 0.256 e. The molecule has 0 bridgehead atoms. The molecule has 2 aliphatic rings. The normalized spacial score (nSPS) is 21.7. The fraction of sp³-hybridized carbons (Fsp3) is 0.438. The molecule has 0 aromatic heterocycles. The van der Waals surface area contributed by atoms with E-state index in [2.05, 4.69) is 16.0 Å². The molecule has 0 saturated carbocycles. The second-order valence-corrected chi connectivity index (χ2v) is 5.74. The molecule has 3 amide bonds. The molecule has 1 aromatic rings. The smallest absolute Gasteiger partial charge is 0.256 e. The SMILES string of the molecule is O=C1CCC(Nc2ccccc2C(=O)N2CCNCC2)C(=O)N1. The maximum atomic E-state index is 12.7. The van der Waals surface area contributed by atoms with Crippen LogP contribution in [0.2, 0.25) is 0 Å². The lowest BCUT2D eigenvalue weighted by Gasteiger charge is -2.29. The monoisotopic (exact) mass is 316 g/mol. The number of carbonyl (C=O) groups excluding carboxylic acids is 3. The summed E-state index contributed by atoms with van der Waals surface area (Å²) in [5, 5.41) is 8.65. The van der Waals surface area contributed by atoms with Crippen LogP contribution < -0.4 is 16.0 Å². The van der Waals surface area contributed by atoms with Crippen molar-refractivity contribution in [1.29, 1.82) is 0 Å². The topological polar surface area (TPSA) is 90.5 Å². The Labute approximate surface area is 134 Å². The Hall–Kier alpha value is -2.41. The highest BCUT2D eigenvalue weighted by molar-refractivity contribution is 6.03. The Morgan fingerprint density at radius 3 is 2.65 bits per heavy atom. The van der Waals surface area contributed by atoms with Gasteiger partial charge in [0.1, 0.15) is 6.04 Å². The number of amides is 3. The highest BCUT2D eigenvalue weighted by Gasteiger charge is 2.28. The molecule has 3 rings (SSSR count). The summed E-state index contributed by atoms with van der Waals surface area (Å²) < 4.78 is 0. The van der Waals surface area contributed by atoms with Crippen LogP contribution in [-0.2, 0) is 9.59 Å². The first kappa shape index (κ1) is 15.5. The van der Waals surface area contributed by atoms with Gasteiger partial charge >= 0.3 is 0 Å². The third-order valence-electron chi connectivity index (χ3n) is 4.13. The van der Waals surface area contributed by atoms with E-state index >= 15 is 0 Å². The summed E-state index contributed by atoms with van der Waals surface area (Å²) in [5.41, 5.74) is 1.18. The molecule has 7 nitrogen and oxygen atoms in total. The van der Waals surface area contributed by atoms with E-state index in [0.717, 1.165) is 13.1 Å². The van der Waals surface area contributed by atoms with Gasteiger partial charge in [-0.2, -0.15) is 0 Å². The van der Waals surface area contributed by atoms with Gasteiger partial charge in [0.2, 0.25) is 11.8 Å². The first-order valence-corrected chi connectivity index (χ1v) is 7.84. The Morgan fingerprint density at radius 2 is 1.91 bits per heavy atom. The van der Waals surface area contributed by atoms with Gasteiger partial charge in [-0.15, -0.1) is 0 Å². The summed E-state index contributed by atoms with van der Waals surface area (Å²) in [6.07, 6.45) is 0.734. The number of piperidine rings is 1. The standard InChI is InChI=1S/C16H20N4O3/c21-14-6-5-13(15(22)19-14)18-12-4-2-1-3-11(12)16(23)20-9-7-17-8-10-20/h1-4,13,17-18H,5-10H2,(H,19,21,22). The summed E-state index contributed by atoms with van der Waals surface area (Å²) in [7, 11) is 0. The minimum absolute atomic E-state index is 0.0399. The van der Waals surface area contributed by atoms with Gasteiger partial charge in [0, 0.05) is 38.3 Å². The van der Waals surface area contributed by atoms with Gasteiger partial charge in [-0.3, -0.25) is 19.7 Å². The number of para-hydroxylation sites is 1. The number of hydrogen-bond acceptors (Lipinski definition) is 5. The van der Waals surface area contributed by atoms with Gasteiger partial charge < -0.3 is 15.5 Å². The van der Waals surface area contributed by atoms with E-state index in [-0.39, 0.29) is 17.7 Å². The van der Waals surface area contributed by atoms with E-state index in [9.17, 15) is 14.4 Å². The number of hydrogen-bond donors (Lipinski definition) is 3. The number of imide groups is 1. The lowest BCUT2D eigenvalue weighted by atomic mass is 10.0. The zero-order valence-electron chi connectivity index (χ0n) is 12.8. The van der Waals surface area contributed by atoms with E-state index in [1.165, 1.54) is 0 Å². The molecule has 1 aromatic carbocycles. The van der Waals surface area contributed by atoms with Crippen LogP contribution in [0.25, 0.3) is 0 Å². The van der Waals surface area contributed by atoms with Crippen LogP contribution in [-0.4, -0.2) is 54.8 Å². The van der Waals surface area contributed by atoms with E-state index < -0.39 is 6.04 Å². The van der Waals surface area contributed by atoms with E-state index in [1.807, 2.05) is 17.0 Å². The van der Waals surface area contributed by atoms with Crippen LogP contribution in [0.4, 0.5) is 5.69 Å². The largest absolute Gasteiger partial charge is 0.373 e. The van der Waals surface area contributed by atoms with Gasteiger partial charge in [-0.05, 0) is 18.6 Å². The quantitative estimate of drug-likeness (QED) is 0.680. The minimum Gasteiger partial charge on any atom is -0.373 e. The molecule has 1 atom stereocenters. The molecule has 2 aliphatic heterocycles. The molecule has 2 fully saturated rings. The molecule has 122 valence electrons. The van der Waals surface area contributed by atoms with Gasteiger partial charge in [0.05, 0.1) is 5.56 Å². The van der Waals surface area contributed by atoms with Crippen LogP contribution in [0.1, 0.15) is 23.2 Å². The fourth-order valence-electron chi connectivity index (χ4n) is 2.85. The average Bonchev–Trinajstić information content (AvgIpc) is 2.58. The van der Waals surface area contributed by atoms with Crippen molar-refractivity contribution >= 4 is 23.4 Å². The third kappa shape index (κ3) is 3.50. The molecule has 0 aliphatic carbocycles. The number of benzene rings is 1. The summed E-state index contributed by atoms with van der Waals surface area (Å²) in [6, 6.07) is 6.69. The van der Waals surface area contributed by atoms with Crippen LogP contribution in [0, 0.1) is 0 Å². The molecule has 0 radical (unpaired) electrons. The van der Waals surface area contributed by atoms with Gasteiger partial charge in [0.15, 0.2) is 0 Å². The molecule has 1 unspecified atom stereocenters. The Bertz CT molecular complexity index is 626. The van der Waals surface area contributed by atoms with Crippen LogP contribution in [0.15, 0.2) is 24.3 Å². The Kier molecular flexibility index (Phi) is 4.57. The number of rotatable bonds is 3. The first-order valence-electron chi connectivity index (χ1n) is 7.84. The number of anilines is 1. The zero-order valence-corrected chi connectivity index (χ0v) is 12.8. The van der Waals surface area contributed by atoms with Crippen LogP contribution in [0.3, 0.4) is 0 Å². The van der Waals surface area contributed by atoms with Gasteiger partial charge in [0.25, 0.3) is 5.91 Å². The number of nitrogens with zero attached hydrogens (tertiary/aromatic N) is 1. The van der Waals surface area contributed by atoms with E-state index in [0.29, 0.717) is 37.2 Å². The summed E-state index contributed by atoms with van der Waals surface area (Å²) in [5.74, 6) is -0.634. The van der Waals surface area contributed by atoms with Crippen LogP contribution >= 0.6 is 0 Å². The number of carbonyl (C=O) groups is 3. The Morgan fingerprint density at radius 1 is 1.17 bits per heavy atom. The maximum absolute atomic E-state index is 12.7. The third-order valence-corrected chi connectivity index (χ3v) is 4.13. The average molecular weight is 316 g/mol. The second kappa shape index (κ2) is 6.78. The van der Waals surface area contributed by atoms with Crippen molar-refractivity contribution in [3.63, 3.8) is 0 Å². The molecular weight excluding hydrogens is 296 g/mol. The molecule has 3 N–H and O–H groups in total. The van der Waals surface area contributed by atoms with Crippen molar-refractivity contribution in [1.82, 2.24) is 15.5 Å². The highest BCUT2D eigenvalue weighted by atomic mass is 16.2. The van der Waals surface area contributed by atoms with E-state index in [1.54, 1.807) is 12.1 Å².